The van der Waals surface area contributed by atoms with Gasteiger partial charge in [-0.2, -0.15) is 0 Å². The lowest BCUT2D eigenvalue weighted by Crippen LogP contribution is -2.16. The molecule has 4 heteroatoms. The van der Waals surface area contributed by atoms with Crippen LogP contribution in [0.3, 0.4) is 0 Å². The normalized spacial score (nSPS) is 12.5. The molecule has 1 atom stereocenters. The lowest BCUT2D eigenvalue weighted by molar-refractivity contribution is 0.415. The van der Waals surface area contributed by atoms with Crippen LogP contribution in [0.1, 0.15) is 16.5 Å². The van der Waals surface area contributed by atoms with Crippen molar-refractivity contribution in [2.45, 2.75) is 6.04 Å². The lowest BCUT2D eigenvalue weighted by atomic mass is 10.0. The molecule has 1 aromatic heterocycles. The van der Waals surface area contributed by atoms with Crippen LogP contribution in [0.25, 0.3) is 10.8 Å². The molecular weight excluding hydrogens is 302 g/mol. The number of hydrogen-bond donors (Lipinski definition) is 1. The first-order valence-electron chi connectivity index (χ1n) is 6.71. The summed E-state index contributed by atoms with van der Waals surface area (Å²) >= 11 is 7.66. The molecule has 0 saturated heterocycles. The lowest BCUT2D eigenvalue weighted by Gasteiger charge is -2.16. The number of fused-ring (bicyclic) bond motifs is 1. The van der Waals surface area contributed by atoms with Crippen LogP contribution >= 0.6 is 22.9 Å². The third kappa shape index (κ3) is 2.91. The van der Waals surface area contributed by atoms with E-state index in [2.05, 4.69) is 41.7 Å². The van der Waals surface area contributed by atoms with Crippen LogP contribution in [0.2, 0.25) is 4.34 Å². The Bertz CT molecular complexity index is 768. The highest BCUT2D eigenvalue weighted by molar-refractivity contribution is 7.16. The van der Waals surface area contributed by atoms with E-state index in [1.165, 1.54) is 21.2 Å². The highest BCUT2D eigenvalue weighted by Gasteiger charge is 2.14. The second kappa shape index (κ2) is 6.06. The van der Waals surface area contributed by atoms with Gasteiger partial charge in [0.05, 0.1) is 17.5 Å². The molecule has 2 aromatic carbocycles. The zero-order valence-electron chi connectivity index (χ0n) is 11.9. The molecule has 21 heavy (non-hydrogen) atoms. The quantitative estimate of drug-likeness (QED) is 0.741. The first-order valence-corrected chi connectivity index (χ1v) is 7.91. The zero-order valence-corrected chi connectivity index (χ0v) is 13.5. The first-order chi connectivity index (χ1) is 10.2. The van der Waals surface area contributed by atoms with Gasteiger partial charge in [0.2, 0.25) is 0 Å². The zero-order chi connectivity index (χ0) is 14.8. The Morgan fingerprint density at radius 2 is 1.81 bits per heavy atom. The van der Waals surface area contributed by atoms with Gasteiger partial charge < -0.3 is 10.1 Å². The topological polar surface area (TPSA) is 21.3 Å². The van der Waals surface area contributed by atoms with Crippen molar-refractivity contribution in [3.05, 3.63) is 63.3 Å². The Balaban J connectivity index is 2.03. The molecule has 1 heterocycles. The van der Waals surface area contributed by atoms with Crippen LogP contribution in [0.4, 0.5) is 0 Å². The van der Waals surface area contributed by atoms with E-state index in [9.17, 15) is 0 Å². The fourth-order valence-electron chi connectivity index (χ4n) is 2.51. The van der Waals surface area contributed by atoms with E-state index < -0.39 is 0 Å². The fourth-order valence-corrected chi connectivity index (χ4v) is 3.70. The molecule has 0 aliphatic heterocycles. The van der Waals surface area contributed by atoms with E-state index in [1.54, 1.807) is 18.4 Å². The summed E-state index contributed by atoms with van der Waals surface area (Å²) in [6, 6.07) is 16.8. The summed E-state index contributed by atoms with van der Waals surface area (Å²) in [7, 11) is 3.66. The monoisotopic (exact) mass is 317 g/mol. The summed E-state index contributed by atoms with van der Waals surface area (Å²) in [4.78, 5) is 1.22. The first kappa shape index (κ1) is 14.4. The second-order valence-corrected chi connectivity index (χ2v) is 6.58. The molecule has 3 aromatic rings. The van der Waals surface area contributed by atoms with Crippen LogP contribution in [-0.4, -0.2) is 14.2 Å². The molecule has 0 fully saturated rings. The number of nitrogens with one attached hydrogen (secondary N) is 1. The molecular formula is C17H16ClNOS. The molecule has 0 saturated carbocycles. The molecule has 1 unspecified atom stereocenters. The summed E-state index contributed by atoms with van der Waals surface area (Å²) in [5.41, 5.74) is 1.23. The molecule has 0 spiro atoms. The number of benzene rings is 2. The third-order valence-electron chi connectivity index (χ3n) is 3.57. The van der Waals surface area contributed by atoms with Crippen LogP contribution in [0, 0.1) is 0 Å². The molecule has 0 bridgehead atoms. The molecule has 0 radical (unpaired) electrons. The average molecular weight is 318 g/mol. The minimum Gasteiger partial charge on any atom is -0.497 e. The second-order valence-electron chi connectivity index (χ2n) is 4.84. The van der Waals surface area contributed by atoms with Crippen molar-refractivity contribution in [1.82, 2.24) is 5.32 Å². The summed E-state index contributed by atoms with van der Waals surface area (Å²) in [5.74, 6) is 0.880. The van der Waals surface area contributed by atoms with Gasteiger partial charge in [0.25, 0.3) is 0 Å². The van der Waals surface area contributed by atoms with E-state index in [-0.39, 0.29) is 6.04 Å². The Kier molecular flexibility index (Phi) is 4.15. The van der Waals surface area contributed by atoms with Crippen molar-refractivity contribution in [3.8, 4) is 5.75 Å². The van der Waals surface area contributed by atoms with E-state index in [4.69, 9.17) is 16.3 Å². The van der Waals surface area contributed by atoms with Crippen molar-refractivity contribution in [3.63, 3.8) is 0 Å². The predicted molar refractivity (Wildman–Crippen MR) is 90.7 cm³/mol. The molecule has 1 N–H and O–H groups in total. The smallest absolute Gasteiger partial charge is 0.119 e. The van der Waals surface area contributed by atoms with Crippen LogP contribution in [0.15, 0.2) is 48.5 Å². The Morgan fingerprint density at radius 1 is 1.05 bits per heavy atom. The van der Waals surface area contributed by atoms with Gasteiger partial charge in [0, 0.05) is 4.88 Å². The average Bonchev–Trinajstić information content (AvgIpc) is 2.93. The van der Waals surface area contributed by atoms with Crippen LogP contribution < -0.4 is 10.1 Å². The summed E-state index contributed by atoms with van der Waals surface area (Å²) in [5, 5.41) is 5.75. The van der Waals surface area contributed by atoms with Gasteiger partial charge in [0.15, 0.2) is 0 Å². The molecule has 0 aliphatic carbocycles. The maximum atomic E-state index is 6.05. The summed E-state index contributed by atoms with van der Waals surface area (Å²) in [6.07, 6.45) is 0. The Labute approximate surface area is 133 Å². The molecule has 0 amide bonds. The standard InChI is InChI=1S/C17H16ClNOS/c1-19-17(15-7-8-16(18)21-15)13-4-3-12-10-14(20-2)6-5-11(12)9-13/h3-10,17,19H,1-2H3. The van der Waals surface area contributed by atoms with E-state index in [0.29, 0.717) is 0 Å². The van der Waals surface area contributed by atoms with E-state index in [1.807, 2.05) is 19.2 Å². The van der Waals surface area contributed by atoms with Gasteiger partial charge >= 0.3 is 0 Å². The number of rotatable bonds is 4. The molecule has 2 nitrogen and oxygen atoms in total. The third-order valence-corrected chi connectivity index (χ3v) is 4.87. The minimum atomic E-state index is 0.161. The molecule has 3 rings (SSSR count). The van der Waals surface area contributed by atoms with Crippen LogP contribution in [0.5, 0.6) is 5.75 Å². The number of hydrogen-bond acceptors (Lipinski definition) is 3. The minimum absolute atomic E-state index is 0.161. The summed E-state index contributed by atoms with van der Waals surface area (Å²) in [6.45, 7) is 0. The van der Waals surface area contributed by atoms with Gasteiger partial charge in [0.1, 0.15) is 5.75 Å². The Hall–Kier alpha value is -1.55. The highest BCUT2D eigenvalue weighted by atomic mass is 35.5. The Morgan fingerprint density at radius 3 is 2.48 bits per heavy atom. The van der Waals surface area contributed by atoms with Crippen molar-refractivity contribution in [2.75, 3.05) is 14.2 Å². The van der Waals surface area contributed by atoms with Gasteiger partial charge in [-0.3, -0.25) is 0 Å². The maximum Gasteiger partial charge on any atom is 0.119 e. The summed E-state index contributed by atoms with van der Waals surface area (Å²) < 4.78 is 6.08. The van der Waals surface area contributed by atoms with Crippen molar-refractivity contribution < 1.29 is 4.74 Å². The number of thiophene rings is 1. The molecule has 0 aliphatic rings. The van der Waals surface area contributed by atoms with Gasteiger partial charge in [-0.15, -0.1) is 11.3 Å². The largest absolute Gasteiger partial charge is 0.497 e. The number of ether oxygens (including phenoxy) is 1. The van der Waals surface area contributed by atoms with Crippen molar-refractivity contribution >= 4 is 33.7 Å². The number of methoxy groups -OCH3 is 1. The SMILES string of the molecule is CNC(c1ccc2cc(OC)ccc2c1)c1ccc(Cl)s1. The van der Waals surface area contributed by atoms with E-state index in [0.717, 1.165) is 10.1 Å². The van der Waals surface area contributed by atoms with Crippen molar-refractivity contribution in [2.24, 2.45) is 0 Å². The van der Waals surface area contributed by atoms with Gasteiger partial charge in [-0.25, -0.2) is 0 Å². The maximum absolute atomic E-state index is 6.05. The van der Waals surface area contributed by atoms with Crippen molar-refractivity contribution in [1.29, 1.82) is 0 Å². The molecule has 108 valence electrons. The van der Waals surface area contributed by atoms with Gasteiger partial charge in [-0.1, -0.05) is 29.8 Å². The van der Waals surface area contributed by atoms with Gasteiger partial charge in [-0.05, 0) is 53.7 Å². The van der Waals surface area contributed by atoms with E-state index >= 15 is 0 Å². The fraction of sp³-hybridized carbons (Fsp3) is 0.176. The predicted octanol–water partition coefficient (Wildman–Crippen LogP) is 4.87. The van der Waals surface area contributed by atoms with Crippen LogP contribution in [-0.2, 0) is 0 Å². The number of halogens is 1. The highest BCUT2D eigenvalue weighted by Crippen LogP contribution is 2.32.